The zero-order valence-corrected chi connectivity index (χ0v) is 17.5. The zero-order valence-electron chi connectivity index (χ0n) is 17.5. The Balaban J connectivity index is 0.000000383. The van der Waals surface area contributed by atoms with Gasteiger partial charge in [-0.1, -0.05) is 6.07 Å². The molecule has 2 aromatic rings. The number of carboxylic acid groups (broad SMARTS) is 1. The van der Waals surface area contributed by atoms with Crippen molar-refractivity contribution in [2.24, 2.45) is 5.41 Å². The standard InChI is InChI=1S/C19H21N5O2.C2HF3O2/c25-17(11-15-3-1-2-7-22-15)23-8-4-19(5-9-23)6-10-24(18(19)26)16-12-20-14-21-13-16;3-2(4,5)1(6)7/h1-3,7,12-14H,4-6,8-11H2;(H,6,7). The Morgan fingerprint density at radius 1 is 1.06 bits per heavy atom. The summed E-state index contributed by atoms with van der Waals surface area (Å²) in [5.74, 6) is -2.53. The van der Waals surface area contributed by atoms with Crippen LogP contribution in [-0.2, 0) is 20.8 Å². The summed E-state index contributed by atoms with van der Waals surface area (Å²) in [4.78, 5) is 50.3. The van der Waals surface area contributed by atoms with E-state index in [0.717, 1.165) is 17.8 Å². The number of piperidine rings is 1. The molecule has 0 aliphatic carbocycles. The molecule has 0 aromatic carbocycles. The number of rotatable bonds is 3. The normalized spacial score (nSPS) is 17.5. The quantitative estimate of drug-likeness (QED) is 0.738. The topological polar surface area (TPSA) is 117 Å². The number of pyridine rings is 1. The van der Waals surface area contributed by atoms with Crippen LogP contribution < -0.4 is 4.90 Å². The molecule has 1 N–H and O–H groups in total. The summed E-state index contributed by atoms with van der Waals surface area (Å²) >= 11 is 0. The summed E-state index contributed by atoms with van der Waals surface area (Å²) in [6.45, 7) is 1.93. The van der Waals surface area contributed by atoms with Crippen molar-refractivity contribution in [2.75, 3.05) is 24.5 Å². The number of carbonyl (C=O) groups is 3. The van der Waals surface area contributed by atoms with E-state index in [9.17, 15) is 22.8 Å². The molecule has 0 bridgehead atoms. The molecule has 4 heterocycles. The molecule has 4 rings (SSSR count). The third-order valence-electron chi connectivity index (χ3n) is 5.75. The average Bonchev–Trinajstić information content (AvgIpc) is 3.11. The van der Waals surface area contributed by atoms with Gasteiger partial charge in [0, 0.05) is 31.5 Å². The first-order valence-corrected chi connectivity index (χ1v) is 10.2. The van der Waals surface area contributed by atoms with E-state index in [4.69, 9.17) is 9.90 Å². The van der Waals surface area contributed by atoms with Crippen LogP contribution in [0.15, 0.2) is 43.1 Å². The lowest BCUT2D eigenvalue weighted by Gasteiger charge is -2.38. The van der Waals surface area contributed by atoms with Crippen LogP contribution in [0.3, 0.4) is 0 Å². The van der Waals surface area contributed by atoms with Crippen LogP contribution in [0.25, 0.3) is 0 Å². The van der Waals surface area contributed by atoms with Gasteiger partial charge in [-0.3, -0.25) is 14.6 Å². The van der Waals surface area contributed by atoms with E-state index in [2.05, 4.69) is 15.0 Å². The minimum Gasteiger partial charge on any atom is -0.475 e. The fourth-order valence-electron chi connectivity index (χ4n) is 3.92. The minimum atomic E-state index is -5.08. The van der Waals surface area contributed by atoms with Gasteiger partial charge in [-0.25, -0.2) is 14.8 Å². The van der Waals surface area contributed by atoms with Crippen molar-refractivity contribution < 1.29 is 32.7 Å². The second-order valence-corrected chi connectivity index (χ2v) is 7.77. The van der Waals surface area contributed by atoms with Gasteiger partial charge in [0.15, 0.2) is 0 Å². The van der Waals surface area contributed by atoms with Gasteiger partial charge >= 0.3 is 12.1 Å². The largest absolute Gasteiger partial charge is 0.490 e. The number of alkyl halides is 3. The average molecular weight is 465 g/mol. The van der Waals surface area contributed by atoms with Crippen LogP contribution in [0.5, 0.6) is 0 Å². The lowest BCUT2D eigenvalue weighted by Crippen LogP contribution is -2.47. The van der Waals surface area contributed by atoms with E-state index in [1.807, 2.05) is 23.1 Å². The van der Waals surface area contributed by atoms with E-state index in [1.165, 1.54) is 6.33 Å². The van der Waals surface area contributed by atoms with Crippen molar-refractivity contribution >= 4 is 23.5 Å². The van der Waals surface area contributed by atoms with Gasteiger partial charge < -0.3 is 14.9 Å². The van der Waals surface area contributed by atoms with Gasteiger partial charge in [0.1, 0.15) is 6.33 Å². The molecule has 2 aliphatic rings. The third kappa shape index (κ3) is 5.82. The molecule has 2 saturated heterocycles. The molecular weight excluding hydrogens is 443 g/mol. The Bertz CT molecular complexity index is 980. The van der Waals surface area contributed by atoms with Crippen LogP contribution >= 0.6 is 0 Å². The number of carboxylic acids is 1. The van der Waals surface area contributed by atoms with Crippen molar-refractivity contribution in [3.63, 3.8) is 0 Å². The van der Waals surface area contributed by atoms with E-state index >= 15 is 0 Å². The molecule has 1 spiro atoms. The molecular formula is C21H22F3N5O4. The van der Waals surface area contributed by atoms with Crippen molar-refractivity contribution in [1.29, 1.82) is 0 Å². The molecule has 176 valence electrons. The molecule has 0 atom stereocenters. The summed E-state index contributed by atoms with van der Waals surface area (Å²) in [7, 11) is 0. The Morgan fingerprint density at radius 2 is 1.67 bits per heavy atom. The number of hydrogen-bond donors (Lipinski definition) is 1. The summed E-state index contributed by atoms with van der Waals surface area (Å²) in [6, 6.07) is 5.59. The minimum absolute atomic E-state index is 0.0808. The molecule has 0 saturated carbocycles. The monoisotopic (exact) mass is 465 g/mol. The van der Waals surface area contributed by atoms with Crippen molar-refractivity contribution in [3.8, 4) is 0 Å². The summed E-state index contributed by atoms with van der Waals surface area (Å²) in [5, 5.41) is 7.12. The number of nitrogens with zero attached hydrogens (tertiary/aromatic N) is 5. The van der Waals surface area contributed by atoms with E-state index in [1.54, 1.807) is 23.5 Å². The number of hydrogen-bond acceptors (Lipinski definition) is 6. The van der Waals surface area contributed by atoms with Crippen LogP contribution in [0, 0.1) is 5.41 Å². The Hall–Kier alpha value is -3.57. The van der Waals surface area contributed by atoms with Crippen molar-refractivity contribution in [1.82, 2.24) is 19.9 Å². The smallest absolute Gasteiger partial charge is 0.475 e. The molecule has 0 radical (unpaired) electrons. The Labute approximate surface area is 187 Å². The first-order chi connectivity index (χ1) is 15.6. The second-order valence-electron chi connectivity index (χ2n) is 7.77. The Kier molecular flexibility index (Phi) is 7.24. The number of amides is 2. The van der Waals surface area contributed by atoms with Gasteiger partial charge in [-0.2, -0.15) is 13.2 Å². The first-order valence-electron chi connectivity index (χ1n) is 10.2. The van der Waals surface area contributed by atoms with E-state index in [0.29, 0.717) is 38.9 Å². The lowest BCUT2D eigenvalue weighted by atomic mass is 9.77. The predicted octanol–water partition coefficient (Wildman–Crippen LogP) is 2.09. The highest BCUT2D eigenvalue weighted by Crippen LogP contribution is 2.42. The fourth-order valence-corrected chi connectivity index (χ4v) is 3.92. The highest BCUT2D eigenvalue weighted by Gasteiger charge is 2.49. The second kappa shape index (κ2) is 9.92. The number of carbonyl (C=O) groups excluding carboxylic acids is 2. The fraction of sp³-hybridized carbons (Fsp3) is 0.429. The van der Waals surface area contributed by atoms with Gasteiger partial charge in [-0.05, 0) is 31.4 Å². The molecule has 33 heavy (non-hydrogen) atoms. The molecule has 2 aliphatic heterocycles. The molecule has 12 heteroatoms. The molecule has 2 aromatic heterocycles. The van der Waals surface area contributed by atoms with Crippen LogP contribution in [0.1, 0.15) is 25.0 Å². The summed E-state index contributed by atoms with van der Waals surface area (Å²) in [6.07, 6.45) is 4.00. The number of aromatic nitrogens is 3. The van der Waals surface area contributed by atoms with Crippen LogP contribution in [-0.4, -0.2) is 68.6 Å². The third-order valence-corrected chi connectivity index (χ3v) is 5.75. The molecule has 0 unspecified atom stereocenters. The first kappa shape index (κ1) is 24.1. The number of aliphatic carboxylic acids is 1. The zero-order chi connectivity index (χ0) is 24.1. The SMILES string of the molecule is O=C(Cc1ccccn1)N1CCC2(CC1)CCN(c1cncnc1)C2=O.O=C(O)C(F)(F)F. The molecule has 9 nitrogen and oxygen atoms in total. The predicted molar refractivity (Wildman–Crippen MR) is 109 cm³/mol. The maximum Gasteiger partial charge on any atom is 0.490 e. The van der Waals surface area contributed by atoms with Gasteiger partial charge in [0.05, 0.1) is 29.9 Å². The number of likely N-dealkylation sites (tertiary alicyclic amines) is 1. The van der Waals surface area contributed by atoms with Crippen molar-refractivity contribution in [3.05, 3.63) is 48.8 Å². The van der Waals surface area contributed by atoms with Gasteiger partial charge in [0.25, 0.3) is 0 Å². The summed E-state index contributed by atoms with van der Waals surface area (Å²) in [5.41, 5.74) is 1.19. The van der Waals surface area contributed by atoms with Crippen LogP contribution in [0.4, 0.5) is 18.9 Å². The maximum absolute atomic E-state index is 13.0. The van der Waals surface area contributed by atoms with Crippen molar-refractivity contribution in [2.45, 2.75) is 31.9 Å². The molecule has 2 fully saturated rings. The molecule has 2 amide bonds. The number of halogens is 3. The highest BCUT2D eigenvalue weighted by atomic mass is 19.4. The lowest BCUT2D eigenvalue weighted by molar-refractivity contribution is -0.192. The highest BCUT2D eigenvalue weighted by molar-refractivity contribution is 5.99. The number of anilines is 1. The van der Waals surface area contributed by atoms with Gasteiger partial charge in [0.2, 0.25) is 11.8 Å². The van der Waals surface area contributed by atoms with Gasteiger partial charge in [-0.15, -0.1) is 0 Å². The van der Waals surface area contributed by atoms with E-state index in [-0.39, 0.29) is 17.2 Å². The maximum atomic E-state index is 13.0. The Morgan fingerprint density at radius 3 is 2.21 bits per heavy atom. The van der Waals surface area contributed by atoms with E-state index < -0.39 is 12.1 Å². The summed E-state index contributed by atoms with van der Waals surface area (Å²) < 4.78 is 31.7. The van der Waals surface area contributed by atoms with Crippen LogP contribution in [0.2, 0.25) is 0 Å².